The molecular weight excluding hydrogens is 280 g/mol. The van der Waals surface area contributed by atoms with Crippen molar-refractivity contribution in [2.45, 2.75) is 29.3 Å². The van der Waals surface area contributed by atoms with E-state index in [1.54, 1.807) is 11.8 Å². The summed E-state index contributed by atoms with van der Waals surface area (Å²) >= 11 is 1.65. The molecule has 0 aliphatic heterocycles. The van der Waals surface area contributed by atoms with Gasteiger partial charge in [0.25, 0.3) is 0 Å². The smallest absolute Gasteiger partial charge is 0.184 e. The van der Waals surface area contributed by atoms with Crippen LogP contribution in [-0.2, 0) is 11.2 Å². The molecule has 108 valence electrons. The topological polar surface area (TPSA) is 67.6 Å². The van der Waals surface area contributed by atoms with E-state index in [1.807, 2.05) is 36.4 Å². The van der Waals surface area contributed by atoms with Crippen LogP contribution in [0, 0.1) is 0 Å². The zero-order valence-corrected chi connectivity index (χ0v) is 12.7. The van der Waals surface area contributed by atoms with Crippen LogP contribution in [0.4, 0.5) is 0 Å². The standard InChI is InChI=1S/C16H18N4S/c1-16(10-6-5-9-13(16)17)14-18-15(20-19-14)21-11-12-7-3-2-4-8-12/h2-10,13H,11,17H2,1H3,(H,18,19,20). The maximum atomic E-state index is 6.18. The van der Waals surface area contributed by atoms with Gasteiger partial charge < -0.3 is 5.73 Å². The number of nitrogens with zero attached hydrogens (tertiary/aromatic N) is 2. The first kappa shape index (κ1) is 14.1. The quantitative estimate of drug-likeness (QED) is 0.852. The van der Waals surface area contributed by atoms with Gasteiger partial charge in [0.2, 0.25) is 0 Å². The highest BCUT2D eigenvalue weighted by Crippen LogP contribution is 2.30. The number of hydrogen-bond acceptors (Lipinski definition) is 4. The zero-order valence-electron chi connectivity index (χ0n) is 11.9. The highest BCUT2D eigenvalue weighted by atomic mass is 32.2. The highest BCUT2D eigenvalue weighted by molar-refractivity contribution is 7.98. The average molecular weight is 298 g/mol. The molecule has 1 aromatic carbocycles. The van der Waals surface area contributed by atoms with Crippen molar-refractivity contribution in [1.29, 1.82) is 0 Å². The molecule has 2 atom stereocenters. The van der Waals surface area contributed by atoms with Crippen LogP contribution in [0.1, 0.15) is 18.3 Å². The van der Waals surface area contributed by atoms with Gasteiger partial charge in [0, 0.05) is 11.8 Å². The van der Waals surface area contributed by atoms with Gasteiger partial charge in [0.1, 0.15) is 0 Å². The lowest BCUT2D eigenvalue weighted by Gasteiger charge is -2.29. The molecule has 0 amide bonds. The van der Waals surface area contributed by atoms with E-state index in [0.717, 1.165) is 16.7 Å². The first-order valence-electron chi connectivity index (χ1n) is 6.90. The molecule has 0 saturated carbocycles. The number of thioether (sulfide) groups is 1. The third-order valence-electron chi connectivity index (χ3n) is 3.73. The molecule has 3 N–H and O–H groups in total. The summed E-state index contributed by atoms with van der Waals surface area (Å²) < 4.78 is 0. The van der Waals surface area contributed by atoms with Crippen LogP contribution in [0.2, 0.25) is 0 Å². The second-order valence-corrected chi connectivity index (χ2v) is 6.25. The first-order chi connectivity index (χ1) is 10.2. The van der Waals surface area contributed by atoms with Crippen LogP contribution in [-0.4, -0.2) is 21.2 Å². The van der Waals surface area contributed by atoms with Crippen molar-refractivity contribution in [1.82, 2.24) is 15.2 Å². The van der Waals surface area contributed by atoms with Gasteiger partial charge in [-0.15, -0.1) is 0 Å². The first-order valence-corrected chi connectivity index (χ1v) is 7.88. The van der Waals surface area contributed by atoms with Crippen molar-refractivity contribution in [3.05, 3.63) is 66.0 Å². The summed E-state index contributed by atoms with van der Waals surface area (Å²) in [5, 5.41) is 8.18. The second kappa shape index (κ2) is 5.87. The largest absolute Gasteiger partial charge is 0.323 e. The van der Waals surface area contributed by atoms with E-state index in [2.05, 4.69) is 40.3 Å². The maximum Gasteiger partial charge on any atom is 0.184 e. The average Bonchev–Trinajstić information content (AvgIpc) is 2.99. The Kier molecular flexibility index (Phi) is 3.94. The van der Waals surface area contributed by atoms with Gasteiger partial charge >= 0.3 is 0 Å². The number of H-pyrrole nitrogens is 1. The molecule has 0 spiro atoms. The molecule has 0 fully saturated rings. The second-order valence-electron chi connectivity index (χ2n) is 5.29. The lowest BCUT2D eigenvalue weighted by molar-refractivity contribution is 0.489. The number of aromatic nitrogens is 3. The molecule has 1 aliphatic carbocycles. The monoisotopic (exact) mass is 298 g/mol. The van der Waals surface area contributed by atoms with Gasteiger partial charge in [0.15, 0.2) is 11.0 Å². The number of nitrogens with two attached hydrogens (primary N) is 1. The van der Waals surface area contributed by atoms with E-state index in [1.165, 1.54) is 5.56 Å². The van der Waals surface area contributed by atoms with E-state index in [4.69, 9.17) is 5.73 Å². The lowest BCUT2D eigenvalue weighted by Crippen LogP contribution is -2.42. The normalized spacial score (nSPS) is 24.4. The number of rotatable bonds is 4. The van der Waals surface area contributed by atoms with Crippen molar-refractivity contribution in [3.8, 4) is 0 Å². The Bertz CT molecular complexity index is 662. The fraction of sp³-hybridized carbons (Fsp3) is 0.250. The summed E-state index contributed by atoms with van der Waals surface area (Å²) in [6.45, 7) is 2.06. The predicted octanol–water partition coefficient (Wildman–Crippen LogP) is 2.81. The molecule has 1 aliphatic rings. The van der Waals surface area contributed by atoms with Gasteiger partial charge in [-0.3, -0.25) is 5.10 Å². The van der Waals surface area contributed by atoms with Gasteiger partial charge in [-0.25, -0.2) is 4.98 Å². The van der Waals surface area contributed by atoms with Crippen LogP contribution in [0.5, 0.6) is 0 Å². The number of allylic oxidation sites excluding steroid dienone is 2. The lowest BCUT2D eigenvalue weighted by atomic mass is 9.79. The molecule has 1 aromatic heterocycles. The molecular formula is C16H18N4S. The van der Waals surface area contributed by atoms with Crippen LogP contribution in [0.25, 0.3) is 0 Å². The Morgan fingerprint density at radius 2 is 2.10 bits per heavy atom. The number of benzene rings is 1. The Balaban J connectivity index is 1.72. The van der Waals surface area contributed by atoms with Crippen LogP contribution < -0.4 is 5.73 Å². The summed E-state index contributed by atoms with van der Waals surface area (Å²) in [7, 11) is 0. The van der Waals surface area contributed by atoms with Crippen molar-refractivity contribution in [2.24, 2.45) is 5.73 Å². The summed E-state index contributed by atoms with van der Waals surface area (Å²) in [6, 6.07) is 10.2. The van der Waals surface area contributed by atoms with Gasteiger partial charge in [-0.2, -0.15) is 5.10 Å². The van der Waals surface area contributed by atoms with Crippen molar-refractivity contribution in [3.63, 3.8) is 0 Å². The molecule has 3 rings (SSSR count). The maximum absolute atomic E-state index is 6.18. The molecule has 2 unspecified atom stereocenters. The van der Waals surface area contributed by atoms with Gasteiger partial charge in [0.05, 0.1) is 5.41 Å². The summed E-state index contributed by atoms with van der Waals surface area (Å²) in [5.74, 6) is 1.61. The van der Waals surface area contributed by atoms with E-state index < -0.39 is 0 Å². The number of nitrogens with one attached hydrogen (secondary N) is 1. The highest BCUT2D eigenvalue weighted by Gasteiger charge is 2.34. The van der Waals surface area contributed by atoms with Crippen LogP contribution >= 0.6 is 11.8 Å². The third-order valence-corrected chi connectivity index (χ3v) is 4.66. The Morgan fingerprint density at radius 3 is 2.86 bits per heavy atom. The molecule has 5 heteroatoms. The van der Waals surface area contributed by atoms with E-state index in [0.29, 0.717) is 0 Å². The molecule has 2 aromatic rings. The Hall–Kier alpha value is -1.85. The van der Waals surface area contributed by atoms with E-state index >= 15 is 0 Å². The van der Waals surface area contributed by atoms with Gasteiger partial charge in [-0.05, 0) is 12.5 Å². The fourth-order valence-electron chi connectivity index (χ4n) is 2.25. The molecule has 4 nitrogen and oxygen atoms in total. The van der Waals surface area contributed by atoms with Crippen molar-refractivity contribution in [2.75, 3.05) is 0 Å². The minimum atomic E-state index is -0.350. The van der Waals surface area contributed by atoms with Crippen LogP contribution in [0.3, 0.4) is 0 Å². The SMILES string of the molecule is CC1(c2n[nH]c(SCc3ccccc3)n2)C=CC=CC1N. The number of hydrogen-bond donors (Lipinski definition) is 2. The summed E-state index contributed by atoms with van der Waals surface area (Å²) in [5.41, 5.74) is 7.10. The number of aromatic amines is 1. The van der Waals surface area contributed by atoms with Gasteiger partial charge in [-0.1, -0.05) is 66.4 Å². The third kappa shape index (κ3) is 2.94. The van der Waals surface area contributed by atoms with Crippen LogP contribution in [0.15, 0.2) is 59.8 Å². The molecule has 0 bridgehead atoms. The summed E-state index contributed by atoms with van der Waals surface area (Å²) in [4.78, 5) is 4.60. The van der Waals surface area contributed by atoms with E-state index in [-0.39, 0.29) is 11.5 Å². The molecule has 0 radical (unpaired) electrons. The zero-order chi connectivity index (χ0) is 14.7. The predicted molar refractivity (Wildman–Crippen MR) is 86.0 cm³/mol. The fourth-order valence-corrected chi connectivity index (χ4v) is 3.01. The molecule has 0 saturated heterocycles. The van der Waals surface area contributed by atoms with Crippen molar-refractivity contribution < 1.29 is 0 Å². The summed E-state index contributed by atoms with van der Waals surface area (Å²) in [6.07, 6.45) is 8.00. The molecule has 1 heterocycles. The van der Waals surface area contributed by atoms with Crippen molar-refractivity contribution >= 4 is 11.8 Å². The molecule has 21 heavy (non-hydrogen) atoms. The minimum Gasteiger partial charge on any atom is -0.323 e. The Labute approximate surface area is 128 Å². The Morgan fingerprint density at radius 1 is 1.29 bits per heavy atom. The van der Waals surface area contributed by atoms with E-state index in [9.17, 15) is 0 Å². The minimum absolute atomic E-state index is 0.106.